The molecule has 13 nitrogen and oxygen atoms in total. The third kappa shape index (κ3) is 7.50. The first-order valence-corrected chi connectivity index (χ1v) is 14.4. The number of nitrogens with one attached hydrogen (secondary N) is 1. The Bertz CT molecular complexity index is 1740. The van der Waals surface area contributed by atoms with Crippen molar-refractivity contribution in [3.05, 3.63) is 101 Å². The molecule has 0 radical (unpaired) electrons. The number of halogens is 1. The predicted octanol–water partition coefficient (Wildman–Crippen LogP) is 5.31. The van der Waals surface area contributed by atoms with Gasteiger partial charge >= 0.3 is 12.1 Å². The topological polar surface area (TPSA) is 157 Å². The highest BCUT2D eigenvalue weighted by Crippen LogP contribution is 2.27. The summed E-state index contributed by atoms with van der Waals surface area (Å²) < 4.78 is 12.2. The van der Waals surface area contributed by atoms with E-state index in [-0.39, 0.29) is 35.5 Å². The van der Waals surface area contributed by atoms with E-state index < -0.39 is 17.6 Å². The molecule has 0 spiro atoms. The molecule has 0 saturated carbocycles. The molecule has 0 aliphatic carbocycles. The van der Waals surface area contributed by atoms with Crippen molar-refractivity contribution in [3.63, 3.8) is 0 Å². The van der Waals surface area contributed by atoms with Crippen molar-refractivity contribution in [2.24, 2.45) is 10.9 Å². The van der Waals surface area contributed by atoms with Crippen molar-refractivity contribution >= 4 is 41.1 Å². The summed E-state index contributed by atoms with van der Waals surface area (Å²) in [5.41, 5.74) is 1.46. The maximum atomic E-state index is 12.0. The molecule has 4 aromatic rings. The molecule has 1 unspecified atom stereocenters. The first kappa shape index (κ1) is 33.6. The number of hydrogen-bond acceptors (Lipinski definition) is 9. The van der Waals surface area contributed by atoms with Crippen LogP contribution in [0.15, 0.2) is 84.1 Å². The Morgan fingerprint density at radius 3 is 2.41 bits per heavy atom. The van der Waals surface area contributed by atoms with Gasteiger partial charge in [-0.15, -0.1) is 5.10 Å². The van der Waals surface area contributed by atoms with Gasteiger partial charge in [-0.2, -0.15) is 5.06 Å². The summed E-state index contributed by atoms with van der Waals surface area (Å²) >= 11 is 5.91. The van der Waals surface area contributed by atoms with E-state index in [1.54, 1.807) is 48.1 Å². The Morgan fingerprint density at radius 1 is 1.07 bits per heavy atom. The number of carboxylic acids is 1. The van der Waals surface area contributed by atoms with Crippen molar-refractivity contribution in [3.8, 4) is 11.6 Å². The second kappa shape index (κ2) is 14.7. The molecule has 2 aromatic carbocycles. The molecule has 3 heterocycles. The van der Waals surface area contributed by atoms with Crippen LogP contribution in [0.2, 0.25) is 5.02 Å². The number of amidine groups is 1. The van der Waals surface area contributed by atoms with E-state index in [0.29, 0.717) is 16.6 Å². The van der Waals surface area contributed by atoms with Crippen LogP contribution >= 0.6 is 11.6 Å². The number of carbonyl (C=O) groups is 3. The van der Waals surface area contributed by atoms with Gasteiger partial charge in [-0.1, -0.05) is 43.6 Å². The Kier molecular flexibility index (Phi) is 10.7. The number of aromatic carboxylic acids is 1. The van der Waals surface area contributed by atoms with E-state index in [2.05, 4.69) is 20.4 Å². The lowest BCUT2D eigenvalue weighted by Crippen LogP contribution is -2.41. The van der Waals surface area contributed by atoms with Crippen LogP contribution in [0.5, 0.6) is 5.88 Å². The minimum absolute atomic E-state index is 0.00184. The van der Waals surface area contributed by atoms with Crippen molar-refractivity contribution in [2.75, 3.05) is 19.3 Å². The summed E-state index contributed by atoms with van der Waals surface area (Å²) in [5, 5.41) is 17.9. The Labute approximate surface area is 270 Å². The van der Waals surface area contributed by atoms with E-state index in [4.69, 9.17) is 31.0 Å². The molecule has 46 heavy (non-hydrogen) atoms. The number of benzene rings is 2. The largest absolute Gasteiger partial charge is 0.478 e. The minimum Gasteiger partial charge on any atom is -0.478 e. The number of hydroxylamine groups is 1. The zero-order chi connectivity index (χ0) is 33.4. The average Bonchev–Trinajstić information content (AvgIpc) is 3.66. The summed E-state index contributed by atoms with van der Waals surface area (Å²) in [6.45, 7) is 5.71. The minimum atomic E-state index is -1.10. The van der Waals surface area contributed by atoms with Crippen LogP contribution in [-0.2, 0) is 21.0 Å². The molecular formula is C32H33ClN6O7. The molecule has 2 N–H and O–H groups in total. The summed E-state index contributed by atoms with van der Waals surface area (Å²) in [4.78, 5) is 48.5. The van der Waals surface area contributed by atoms with Gasteiger partial charge < -0.3 is 19.9 Å². The number of aliphatic imine (C=N–C) groups is 1. The summed E-state index contributed by atoms with van der Waals surface area (Å²) in [5.74, 6) is -0.666. The van der Waals surface area contributed by atoms with Gasteiger partial charge in [-0.3, -0.25) is 14.6 Å². The number of carboxylic acid groups (broad SMARTS) is 1. The van der Waals surface area contributed by atoms with Gasteiger partial charge in [0.05, 0.1) is 31.2 Å². The maximum Gasteiger partial charge on any atom is 0.438 e. The number of methoxy groups -OCH3 is 1. The molecule has 0 bridgehead atoms. The number of para-hydroxylation sites is 1. The van der Waals surface area contributed by atoms with Crippen molar-refractivity contribution in [1.29, 1.82) is 0 Å². The van der Waals surface area contributed by atoms with Crippen LogP contribution in [0.25, 0.3) is 5.69 Å². The first-order valence-electron chi connectivity index (χ1n) is 14.0. The summed E-state index contributed by atoms with van der Waals surface area (Å²) in [6, 6.07) is 19.3. The quantitative estimate of drug-likeness (QED) is 0.230. The SMILES string of the molecule is CC(C)C1(C)N=C(c2ncccc2C(=O)O)NC1=O.COC(=O)N(OC)c1ccccc1COc1ccn(-c2ccc(Cl)cc2)n1. The Hall–Kier alpha value is -5.27. The zero-order valence-corrected chi connectivity index (χ0v) is 26.6. The third-order valence-electron chi connectivity index (χ3n) is 7.19. The highest BCUT2D eigenvalue weighted by Gasteiger charge is 2.43. The molecule has 240 valence electrons. The van der Waals surface area contributed by atoms with Crippen LogP contribution in [0.4, 0.5) is 10.5 Å². The fourth-order valence-corrected chi connectivity index (χ4v) is 4.40. The van der Waals surface area contributed by atoms with Gasteiger partial charge in [0.25, 0.3) is 5.91 Å². The smallest absolute Gasteiger partial charge is 0.438 e. The molecule has 5 rings (SSSR count). The Morgan fingerprint density at radius 2 is 1.78 bits per heavy atom. The lowest BCUT2D eigenvalue weighted by atomic mass is 9.89. The molecule has 0 fully saturated rings. The molecule has 1 aliphatic heterocycles. The fraction of sp³-hybridized carbons (Fsp3) is 0.250. The standard InChI is InChI=1S/C19H18ClN3O4.C13H15N3O3/c1-25-19(24)23(26-2)17-6-4-3-5-14(17)13-27-18-11-12-22(21-18)16-9-7-15(20)8-10-16;1-7(2)13(3)12(19)15-10(16-13)9-8(11(17)18)5-4-6-14-9/h3-12H,13H2,1-2H3;4-7H,1-3H3,(H,17,18)(H,15,16,19). The van der Waals surface area contributed by atoms with Crippen molar-refractivity contribution in [2.45, 2.75) is 32.9 Å². The van der Waals surface area contributed by atoms with Crippen LogP contribution in [0.1, 0.15) is 42.4 Å². The average molecular weight is 649 g/mol. The molecule has 0 saturated heterocycles. The lowest BCUT2D eigenvalue weighted by Gasteiger charge is -2.21. The monoisotopic (exact) mass is 648 g/mol. The maximum absolute atomic E-state index is 12.0. The number of rotatable bonds is 9. The molecule has 2 aromatic heterocycles. The second-order valence-electron chi connectivity index (χ2n) is 10.4. The predicted molar refractivity (Wildman–Crippen MR) is 170 cm³/mol. The highest BCUT2D eigenvalue weighted by molar-refractivity contribution is 6.30. The number of nitrogens with zero attached hydrogens (tertiary/aromatic N) is 5. The molecule has 2 amide bonds. The van der Waals surface area contributed by atoms with Crippen LogP contribution < -0.4 is 15.1 Å². The van der Waals surface area contributed by atoms with Crippen LogP contribution in [0.3, 0.4) is 0 Å². The zero-order valence-electron chi connectivity index (χ0n) is 25.8. The van der Waals surface area contributed by atoms with Gasteiger partial charge in [0.1, 0.15) is 17.8 Å². The summed E-state index contributed by atoms with van der Waals surface area (Å²) in [6.07, 6.45) is 2.64. The first-order chi connectivity index (χ1) is 22.0. The normalized spacial score (nSPS) is 15.4. The fourth-order valence-electron chi connectivity index (χ4n) is 4.27. The lowest BCUT2D eigenvalue weighted by molar-refractivity contribution is -0.124. The number of aromatic nitrogens is 3. The summed E-state index contributed by atoms with van der Waals surface area (Å²) in [7, 11) is 2.68. The number of hydrogen-bond donors (Lipinski definition) is 2. The van der Waals surface area contributed by atoms with Gasteiger partial charge in [0.2, 0.25) is 5.88 Å². The number of amides is 2. The second-order valence-corrected chi connectivity index (χ2v) is 10.8. The molecular weight excluding hydrogens is 616 g/mol. The third-order valence-corrected chi connectivity index (χ3v) is 7.44. The van der Waals surface area contributed by atoms with E-state index in [9.17, 15) is 14.4 Å². The molecule has 14 heteroatoms. The van der Waals surface area contributed by atoms with Crippen LogP contribution in [0, 0.1) is 5.92 Å². The van der Waals surface area contributed by atoms with Crippen molar-refractivity contribution in [1.82, 2.24) is 20.1 Å². The van der Waals surface area contributed by atoms with E-state index in [1.165, 1.54) is 32.5 Å². The van der Waals surface area contributed by atoms with E-state index in [0.717, 1.165) is 16.3 Å². The van der Waals surface area contributed by atoms with Gasteiger partial charge in [-0.05, 0) is 55.3 Å². The van der Waals surface area contributed by atoms with Crippen LogP contribution in [-0.4, -0.2) is 63.4 Å². The van der Waals surface area contributed by atoms with E-state index in [1.807, 2.05) is 38.1 Å². The molecule has 1 atom stereocenters. The van der Waals surface area contributed by atoms with Gasteiger partial charge in [0, 0.05) is 29.0 Å². The van der Waals surface area contributed by atoms with Gasteiger partial charge in [0.15, 0.2) is 5.84 Å². The number of pyridine rings is 1. The number of carbonyl (C=O) groups excluding carboxylic acids is 2. The highest BCUT2D eigenvalue weighted by atomic mass is 35.5. The number of anilines is 1. The van der Waals surface area contributed by atoms with Gasteiger partial charge in [-0.25, -0.2) is 19.3 Å². The Balaban J connectivity index is 0.000000222. The van der Waals surface area contributed by atoms with Crippen molar-refractivity contribution < 1.29 is 33.8 Å². The number of ether oxygens (including phenoxy) is 2. The molecule has 1 aliphatic rings. The van der Waals surface area contributed by atoms with E-state index >= 15 is 0 Å².